The number of benzene rings is 3. The Bertz CT molecular complexity index is 1590. The molecule has 1 heterocycles. The summed E-state index contributed by atoms with van der Waals surface area (Å²) in [4.78, 5) is 2.63. The van der Waals surface area contributed by atoms with E-state index in [0.717, 1.165) is 60.2 Å². The van der Waals surface area contributed by atoms with Crippen LogP contribution in [0.1, 0.15) is 78.8 Å². The Labute approximate surface area is 264 Å². The molecule has 3 aromatic carbocycles. The molecule has 2 heteroatoms. The lowest BCUT2D eigenvalue weighted by Gasteiger charge is -2.46. The maximum Gasteiger partial charge on any atom is 0.123 e. The van der Waals surface area contributed by atoms with Gasteiger partial charge in [-0.05, 0) is 147 Å². The van der Waals surface area contributed by atoms with E-state index in [2.05, 4.69) is 86.5 Å². The van der Waals surface area contributed by atoms with Crippen LogP contribution in [0.4, 0.5) is 4.39 Å². The Morgan fingerprint density at radius 3 is 2.36 bits per heavy atom. The molecule has 6 rings (SSSR count). The molecule has 2 aliphatic carbocycles. The lowest BCUT2D eigenvalue weighted by atomic mass is 9.61. The minimum Gasteiger partial charge on any atom is -0.299 e. The van der Waals surface area contributed by atoms with E-state index in [1.807, 2.05) is 13.0 Å². The highest BCUT2D eigenvalue weighted by molar-refractivity contribution is 5.81. The first kappa shape index (κ1) is 30.5. The van der Waals surface area contributed by atoms with Gasteiger partial charge in [-0.25, -0.2) is 4.39 Å². The number of likely N-dealkylation sites (tertiary alicyclic amines) is 1. The monoisotopic (exact) mass is 585 g/mol. The quantitative estimate of drug-likeness (QED) is 0.202. The number of halogens is 1. The minimum atomic E-state index is -0.205. The van der Waals surface area contributed by atoms with Gasteiger partial charge in [0.2, 0.25) is 0 Å². The number of piperidine rings is 1. The fourth-order valence-electron chi connectivity index (χ4n) is 7.57. The van der Waals surface area contributed by atoms with Crippen LogP contribution < -0.4 is 0 Å². The smallest absolute Gasteiger partial charge is 0.123 e. The summed E-state index contributed by atoms with van der Waals surface area (Å²) in [5, 5.41) is 0. The lowest BCUT2D eigenvalue weighted by Crippen LogP contribution is -2.40. The van der Waals surface area contributed by atoms with Crippen LogP contribution in [0.3, 0.4) is 0 Å². The maximum atomic E-state index is 14.1. The predicted molar refractivity (Wildman–Crippen MR) is 185 cm³/mol. The number of rotatable bonds is 11. The Kier molecular flexibility index (Phi) is 9.19. The van der Waals surface area contributed by atoms with Crippen LogP contribution in [0.15, 0.2) is 103 Å². The van der Waals surface area contributed by atoms with Crippen molar-refractivity contribution in [1.82, 2.24) is 4.90 Å². The number of hydrogen-bond donors (Lipinski definition) is 0. The van der Waals surface area contributed by atoms with Crippen molar-refractivity contribution in [1.29, 1.82) is 0 Å². The molecule has 0 N–H and O–H groups in total. The highest BCUT2D eigenvalue weighted by atomic mass is 19.1. The second-order valence-corrected chi connectivity index (χ2v) is 13.8. The van der Waals surface area contributed by atoms with E-state index in [4.69, 9.17) is 0 Å². The average molecular weight is 586 g/mol. The topological polar surface area (TPSA) is 3.24 Å². The zero-order valence-electron chi connectivity index (χ0n) is 26.9. The van der Waals surface area contributed by atoms with Gasteiger partial charge in [0, 0.05) is 12.5 Å². The highest BCUT2D eigenvalue weighted by Gasteiger charge is 2.42. The fourth-order valence-corrected chi connectivity index (χ4v) is 7.57. The molecule has 3 aliphatic rings. The maximum absolute atomic E-state index is 14.1. The molecule has 1 nitrogen and oxygen atoms in total. The van der Waals surface area contributed by atoms with Gasteiger partial charge in [0.05, 0.1) is 0 Å². The van der Waals surface area contributed by atoms with E-state index < -0.39 is 0 Å². The third-order valence-electron chi connectivity index (χ3n) is 10.2. The number of aryl methyl sites for hydroxylation is 2. The van der Waals surface area contributed by atoms with Crippen molar-refractivity contribution in [3.05, 3.63) is 142 Å². The van der Waals surface area contributed by atoms with Crippen molar-refractivity contribution >= 4 is 11.1 Å². The second-order valence-electron chi connectivity index (χ2n) is 13.8. The molecule has 0 radical (unpaired) electrons. The average Bonchev–Trinajstić information content (AvgIpc) is 3.79. The molecule has 0 amide bonds. The Hall–Kier alpha value is -3.49. The van der Waals surface area contributed by atoms with Gasteiger partial charge in [-0.3, -0.25) is 4.90 Å². The summed E-state index contributed by atoms with van der Waals surface area (Å²) in [5.74, 6) is 2.56. The molecule has 1 saturated carbocycles. The van der Waals surface area contributed by atoms with E-state index in [9.17, 15) is 4.39 Å². The van der Waals surface area contributed by atoms with Crippen LogP contribution in [0.5, 0.6) is 0 Å². The molecule has 2 fully saturated rings. The summed E-state index contributed by atoms with van der Waals surface area (Å²) >= 11 is 0. The van der Waals surface area contributed by atoms with Gasteiger partial charge >= 0.3 is 0 Å². The first-order chi connectivity index (χ1) is 21.3. The van der Waals surface area contributed by atoms with E-state index in [1.54, 1.807) is 12.1 Å². The van der Waals surface area contributed by atoms with Crippen LogP contribution in [-0.4, -0.2) is 18.0 Å². The Morgan fingerprint density at radius 2 is 1.68 bits per heavy atom. The van der Waals surface area contributed by atoms with E-state index in [1.165, 1.54) is 71.6 Å². The Balaban J connectivity index is 1.12. The minimum absolute atomic E-state index is 0.205. The van der Waals surface area contributed by atoms with Crippen LogP contribution in [-0.2, 0) is 6.54 Å². The molecule has 0 bridgehead atoms. The van der Waals surface area contributed by atoms with E-state index in [0.29, 0.717) is 11.8 Å². The van der Waals surface area contributed by atoms with Gasteiger partial charge in [0.1, 0.15) is 5.82 Å². The summed E-state index contributed by atoms with van der Waals surface area (Å²) in [6, 6.07) is 22.7. The molecule has 0 aromatic heterocycles. The molecule has 1 aliphatic heterocycles. The Morgan fingerprint density at radius 1 is 0.909 bits per heavy atom. The summed E-state index contributed by atoms with van der Waals surface area (Å²) < 4.78 is 14.1. The van der Waals surface area contributed by atoms with Crippen molar-refractivity contribution in [2.24, 2.45) is 23.7 Å². The molecule has 2 atom stereocenters. The first-order valence-electron chi connectivity index (χ1n) is 16.6. The van der Waals surface area contributed by atoms with Crippen molar-refractivity contribution in [2.75, 3.05) is 13.1 Å². The molecule has 2 unspecified atom stereocenters. The normalized spacial score (nSPS) is 21.1. The molecular weight excluding hydrogens is 537 g/mol. The van der Waals surface area contributed by atoms with Gasteiger partial charge in [0.25, 0.3) is 0 Å². The largest absolute Gasteiger partial charge is 0.299 e. The van der Waals surface area contributed by atoms with Crippen molar-refractivity contribution in [3.63, 3.8) is 0 Å². The van der Waals surface area contributed by atoms with E-state index in [-0.39, 0.29) is 5.82 Å². The number of allylic oxidation sites excluding steroid dienone is 5. The molecule has 1 saturated heterocycles. The first-order valence-corrected chi connectivity index (χ1v) is 16.6. The van der Waals surface area contributed by atoms with Crippen LogP contribution in [0.25, 0.3) is 11.1 Å². The number of nitrogens with zero attached hydrogens (tertiary/aromatic N) is 1. The standard InChI is InChI=1S/C42H48FN/c1-28(2)13-17-39(35-10-8-11-36(43)25-35)38-18-16-33(23-30(38)4)27-44-21-19-34(20-22-44)40-26-41(37-12-7-6-9-29(37)3)42(40)31(5)24-32-14-15-32/h6-12,16-18,23,25-26,32,34,40,42H,1,5,13-15,19-22,24,27H2,2-4H3/b39-17-. The molecule has 44 heavy (non-hydrogen) atoms. The zero-order chi connectivity index (χ0) is 30.8. The van der Waals surface area contributed by atoms with Gasteiger partial charge in [-0.1, -0.05) is 91.1 Å². The van der Waals surface area contributed by atoms with Gasteiger partial charge in [0.15, 0.2) is 0 Å². The molecule has 3 aromatic rings. The highest BCUT2D eigenvalue weighted by Crippen LogP contribution is 2.53. The molecule has 0 spiro atoms. The SMILES string of the molecule is C=C(C)C/C=C(/c1cccc(F)c1)c1ccc(CN2CCC(C3C=C(c4ccccc4C)C3C(=C)CC3CC3)CC2)cc1C. The summed E-state index contributed by atoms with van der Waals surface area (Å²) in [6.45, 7) is 18.5. The van der Waals surface area contributed by atoms with E-state index >= 15 is 0 Å². The van der Waals surface area contributed by atoms with Gasteiger partial charge in [-0.15, -0.1) is 0 Å². The van der Waals surface area contributed by atoms with Crippen LogP contribution in [0, 0.1) is 43.3 Å². The van der Waals surface area contributed by atoms with Gasteiger partial charge < -0.3 is 0 Å². The lowest BCUT2D eigenvalue weighted by molar-refractivity contribution is 0.141. The van der Waals surface area contributed by atoms with Crippen LogP contribution in [0.2, 0.25) is 0 Å². The van der Waals surface area contributed by atoms with Crippen LogP contribution >= 0.6 is 0 Å². The molecule has 228 valence electrons. The van der Waals surface area contributed by atoms with Crippen molar-refractivity contribution < 1.29 is 4.39 Å². The summed E-state index contributed by atoms with van der Waals surface area (Å²) in [5.41, 5.74) is 12.7. The third kappa shape index (κ3) is 6.92. The third-order valence-corrected chi connectivity index (χ3v) is 10.2. The fraction of sp³-hybridized carbons (Fsp3) is 0.381. The van der Waals surface area contributed by atoms with Crippen molar-refractivity contribution in [2.45, 2.75) is 65.8 Å². The second kappa shape index (κ2) is 13.2. The summed E-state index contributed by atoms with van der Waals surface area (Å²) in [7, 11) is 0. The van der Waals surface area contributed by atoms with Gasteiger partial charge in [-0.2, -0.15) is 0 Å². The zero-order valence-corrected chi connectivity index (χ0v) is 26.9. The molecular formula is C42H48FN. The summed E-state index contributed by atoms with van der Waals surface area (Å²) in [6.07, 6.45) is 12.0. The predicted octanol–water partition coefficient (Wildman–Crippen LogP) is 10.7. The van der Waals surface area contributed by atoms with Crippen molar-refractivity contribution in [3.8, 4) is 0 Å². The number of hydrogen-bond acceptors (Lipinski definition) is 1.